The summed E-state index contributed by atoms with van der Waals surface area (Å²) in [6.07, 6.45) is 1.66. The molecule has 0 aliphatic rings. The van der Waals surface area contributed by atoms with Crippen LogP contribution in [0.25, 0.3) is 10.9 Å². The number of nitrogens with zero attached hydrogens (tertiary/aromatic N) is 2. The zero-order valence-corrected chi connectivity index (χ0v) is 7.50. The molecule has 0 spiro atoms. The van der Waals surface area contributed by atoms with E-state index in [0.717, 1.165) is 11.1 Å². The highest BCUT2D eigenvalue weighted by Crippen LogP contribution is 2.24. The van der Waals surface area contributed by atoms with Gasteiger partial charge in [-0.3, -0.25) is 4.68 Å². The van der Waals surface area contributed by atoms with E-state index >= 15 is 0 Å². The number of hydrogen-bond acceptors (Lipinski definition) is 2. The number of halogens is 1. The highest BCUT2D eigenvalue weighted by atomic mass is 19.1. The Bertz CT molecular complexity index is 447. The molecule has 2 aromatic rings. The van der Waals surface area contributed by atoms with Gasteiger partial charge in [-0.05, 0) is 12.1 Å². The number of rotatable bonds is 1. The summed E-state index contributed by atoms with van der Waals surface area (Å²) in [6, 6.07) is 3.15. The van der Waals surface area contributed by atoms with Crippen LogP contribution in [0.3, 0.4) is 0 Å². The van der Waals surface area contributed by atoms with E-state index in [4.69, 9.17) is 0 Å². The summed E-state index contributed by atoms with van der Waals surface area (Å²) in [7, 11) is 3.53. The van der Waals surface area contributed by atoms with Crippen molar-refractivity contribution >= 4 is 16.6 Å². The quantitative estimate of drug-likeness (QED) is 0.722. The van der Waals surface area contributed by atoms with E-state index in [9.17, 15) is 4.39 Å². The number of fused-ring (bicyclic) bond motifs is 1. The number of benzene rings is 1. The Morgan fingerprint density at radius 3 is 2.92 bits per heavy atom. The molecule has 0 amide bonds. The van der Waals surface area contributed by atoms with Crippen LogP contribution in [-0.4, -0.2) is 16.8 Å². The molecule has 13 heavy (non-hydrogen) atoms. The Morgan fingerprint density at radius 2 is 2.23 bits per heavy atom. The van der Waals surface area contributed by atoms with Gasteiger partial charge in [0.25, 0.3) is 0 Å². The maximum absolute atomic E-state index is 13.3. The minimum Gasteiger partial charge on any atom is -0.388 e. The van der Waals surface area contributed by atoms with Crippen molar-refractivity contribution < 1.29 is 4.39 Å². The summed E-state index contributed by atoms with van der Waals surface area (Å²) >= 11 is 0. The van der Waals surface area contributed by atoms with Gasteiger partial charge in [0, 0.05) is 25.2 Å². The van der Waals surface area contributed by atoms with Crippen molar-refractivity contribution in [3.63, 3.8) is 0 Å². The lowest BCUT2D eigenvalue weighted by Crippen LogP contribution is -1.94. The molecule has 1 aromatic carbocycles. The van der Waals surface area contributed by atoms with Gasteiger partial charge in [-0.1, -0.05) is 0 Å². The fourth-order valence-electron chi connectivity index (χ4n) is 1.46. The molecule has 1 N–H and O–H groups in total. The molecule has 68 valence electrons. The van der Waals surface area contributed by atoms with Crippen molar-refractivity contribution in [2.45, 2.75) is 0 Å². The van der Waals surface area contributed by atoms with Crippen LogP contribution in [0.15, 0.2) is 18.3 Å². The van der Waals surface area contributed by atoms with Crippen LogP contribution in [0, 0.1) is 5.82 Å². The molecule has 2 rings (SSSR count). The molecule has 3 nitrogen and oxygen atoms in total. The Hall–Kier alpha value is -1.58. The molecule has 4 heteroatoms. The second kappa shape index (κ2) is 2.73. The van der Waals surface area contributed by atoms with Gasteiger partial charge in [-0.15, -0.1) is 0 Å². The Morgan fingerprint density at radius 1 is 1.46 bits per heavy atom. The van der Waals surface area contributed by atoms with E-state index in [1.54, 1.807) is 26.4 Å². The number of aryl methyl sites for hydroxylation is 1. The number of hydrogen-bond donors (Lipinski definition) is 1. The third-order valence-corrected chi connectivity index (χ3v) is 2.12. The van der Waals surface area contributed by atoms with Crippen LogP contribution in [0.2, 0.25) is 0 Å². The van der Waals surface area contributed by atoms with Crippen LogP contribution in [0.1, 0.15) is 0 Å². The topological polar surface area (TPSA) is 29.9 Å². The summed E-state index contributed by atoms with van der Waals surface area (Å²) in [5.74, 6) is -0.242. The van der Waals surface area contributed by atoms with Gasteiger partial charge in [0.05, 0.1) is 6.20 Å². The molecule has 0 saturated carbocycles. The molecule has 1 aromatic heterocycles. The molecule has 1 heterocycles. The molecule has 0 bridgehead atoms. The Labute approximate surface area is 75.2 Å². The maximum Gasteiger partial charge on any atom is 0.149 e. The van der Waals surface area contributed by atoms with Crippen molar-refractivity contribution in [3.05, 3.63) is 24.1 Å². The fourth-order valence-corrected chi connectivity index (χ4v) is 1.46. The van der Waals surface area contributed by atoms with Crippen LogP contribution in [0.4, 0.5) is 10.1 Å². The van der Waals surface area contributed by atoms with E-state index in [1.807, 2.05) is 0 Å². The number of aromatic nitrogens is 2. The minimum atomic E-state index is -0.242. The first-order chi connectivity index (χ1) is 6.24. The van der Waals surface area contributed by atoms with E-state index in [0.29, 0.717) is 5.52 Å². The summed E-state index contributed by atoms with van der Waals surface area (Å²) in [5.41, 5.74) is 1.43. The molecule has 0 aliphatic carbocycles. The van der Waals surface area contributed by atoms with Crippen LogP contribution in [0.5, 0.6) is 0 Å². The van der Waals surface area contributed by atoms with Crippen LogP contribution < -0.4 is 5.32 Å². The van der Waals surface area contributed by atoms with E-state index in [1.165, 1.54) is 10.7 Å². The monoisotopic (exact) mass is 179 g/mol. The summed E-state index contributed by atoms with van der Waals surface area (Å²) < 4.78 is 14.8. The normalized spacial score (nSPS) is 10.7. The van der Waals surface area contributed by atoms with Crippen molar-refractivity contribution in [3.8, 4) is 0 Å². The van der Waals surface area contributed by atoms with Gasteiger partial charge in [0.1, 0.15) is 11.3 Å². The standard InChI is InChI=1S/C9H10FN3/c1-11-8-4-3-7(10)9-6(8)5-12-13(9)2/h3-5,11H,1-2H3. The average molecular weight is 179 g/mol. The molecule has 0 atom stereocenters. The highest BCUT2D eigenvalue weighted by molar-refractivity contribution is 5.91. The van der Waals surface area contributed by atoms with E-state index in [2.05, 4.69) is 10.4 Å². The summed E-state index contributed by atoms with van der Waals surface area (Å²) in [6.45, 7) is 0. The molecule has 0 radical (unpaired) electrons. The summed E-state index contributed by atoms with van der Waals surface area (Å²) in [5, 5.41) is 7.80. The third-order valence-electron chi connectivity index (χ3n) is 2.12. The zero-order valence-electron chi connectivity index (χ0n) is 7.50. The van der Waals surface area contributed by atoms with Gasteiger partial charge < -0.3 is 5.32 Å². The number of nitrogens with one attached hydrogen (secondary N) is 1. The lowest BCUT2D eigenvalue weighted by atomic mass is 10.2. The average Bonchev–Trinajstić information content (AvgIpc) is 2.50. The van der Waals surface area contributed by atoms with Gasteiger partial charge in [-0.25, -0.2) is 4.39 Å². The molecule has 0 fully saturated rings. The zero-order chi connectivity index (χ0) is 9.42. The van der Waals surface area contributed by atoms with Crippen molar-refractivity contribution in [2.24, 2.45) is 7.05 Å². The lowest BCUT2D eigenvalue weighted by molar-refractivity contribution is 0.626. The maximum atomic E-state index is 13.3. The van der Waals surface area contributed by atoms with Crippen molar-refractivity contribution in [1.82, 2.24) is 9.78 Å². The largest absolute Gasteiger partial charge is 0.388 e. The van der Waals surface area contributed by atoms with E-state index in [-0.39, 0.29) is 5.82 Å². The Balaban J connectivity index is 2.87. The molecule has 0 unspecified atom stereocenters. The first-order valence-electron chi connectivity index (χ1n) is 4.02. The van der Waals surface area contributed by atoms with Crippen molar-refractivity contribution in [2.75, 3.05) is 12.4 Å². The number of anilines is 1. The first kappa shape index (κ1) is 8.04. The third kappa shape index (κ3) is 1.06. The van der Waals surface area contributed by atoms with E-state index < -0.39 is 0 Å². The second-order valence-electron chi connectivity index (χ2n) is 2.88. The Kier molecular flexibility index (Phi) is 1.69. The summed E-state index contributed by atoms with van der Waals surface area (Å²) in [4.78, 5) is 0. The molecule has 0 saturated heterocycles. The predicted molar refractivity (Wildman–Crippen MR) is 50.2 cm³/mol. The van der Waals surface area contributed by atoms with Crippen molar-refractivity contribution in [1.29, 1.82) is 0 Å². The van der Waals surface area contributed by atoms with Gasteiger partial charge >= 0.3 is 0 Å². The first-order valence-corrected chi connectivity index (χ1v) is 4.02. The molecule has 0 aliphatic heterocycles. The minimum absolute atomic E-state index is 0.242. The van der Waals surface area contributed by atoms with Gasteiger partial charge in [0.2, 0.25) is 0 Å². The SMILES string of the molecule is CNc1ccc(F)c2c1cnn2C. The highest BCUT2D eigenvalue weighted by Gasteiger charge is 2.08. The second-order valence-corrected chi connectivity index (χ2v) is 2.88. The van der Waals surface area contributed by atoms with Gasteiger partial charge in [0.15, 0.2) is 0 Å². The van der Waals surface area contributed by atoms with Crippen LogP contribution in [-0.2, 0) is 7.05 Å². The molecular formula is C9H10FN3. The smallest absolute Gasteiger partial charge is 0.149 e. The fraction of sp³-hybridized carbons (Fsp3) is 0.222. The van der Waals surface area contributed by atoms with Crippen LogP contribution >= 0.6 is 0 Å². The van der Waals surface area contributed by atoms with Gasteiger partial charge in [-0.2, -0.15) is 5.10 Å². The lowest BCUT2D eigenvalue weighted by Gasteiger charge is -2.02. The predicted octanol–water partition coefficient (Wildman–Crippen LogP) is 1.75. The molecular weight excluding hydrogens is 169 g/mol.